The monoisotopic (exact) mass is 285 g/mol. The number of pyridine rings is 1. The lowest BCUT2D eigenvalue weighted by Gasteiger charge is -2.08. The van der Waals surface area contributed by atoms with Crippen molar-refractivity contribution in [2.45, 2.75) is 19.9 Å². The molecule has 21 heavy (non-hydrogen) atoms. The first-order chi connectivity index (χ1) is 10.2. The number of hydrogen-bond donors (Lipinski definition) is 3. The smallest absolute Gasteiger partial charge is 0.261 e. The molecule has 5 nitrogen and oxygen atoms in total. The number of nitrogens with one attached hydrogen (secondary N) is 3. The first-order valence-electron chi connectivity index (χ1n) is 6.99. The zero-order valence-corrected chi connectivity index (χ0v) is 12.0. The number of rotatable bonds is 6. The molecule has 0 aliphatic rings. The molecule has 1 heterocycles. The molecule has 1 aromatic heterocycles. The Hall–Kier alpha value is -2.40. The largest absolute Gasteiger partial charge is 0.367 e. The predicted molar refractivity (Wildman–Crippen MR) is 83.5 cm³/mol. The lowest BCUT2D eigenvalue weighted by atomic mass is 10.2. The molecular weight excluding hydrogens is 266 g/mol. The van der Waals surface area contributed by atoms with Gasteiger partial charge in [-0.15, -0.1) is 0 Å². The van der Waals surface area contributed by atoms with E-state index in [1.54, 1.807) is 6.07 Å². The number of benzene rings is 1. The molecule has 110 valence electrons. The van der Waals surface area contributed by atoms with E-state index in [1.807, 2.05) is 18.2 Å². The van der Waals surface area contributed by atoms with E-state index in [9.17, 15) is 9.59 Å². The minimum atomic E-state index is -0.407. The van der Waals surface area contributed by atoms with Crippen molar-refractivity contribution in [1.82, 2.24) is 10.3 Å². The Morgan fingerprint density at radius 2 is 2.14 bits per heavy atom. The summed E-state index contributed by atoms with van der Waals surface area (Å²) in [6.07, 6.45) is 3.98. The van der Waals surface area contributed by atoms with Gasteiger partial charge in [0.05, 0.1) is 0 Å². The average molecular weight is 285 g/mol. The standard InChI is InChI=1S/C16H19N3O2/c1-2-7-17-10-12-4-3-5-13(9-12)19-16(21)14-11-18-8-6-15(14)20/h3-6,8-9,11,17H,2,7,10H2,1H3,(H,18,20)(H,19,21). The number of carbonyl (C=O) groups excluding carboxylic acids is 1. The number of aromatic nitrogens is 1. The summed E-state index contributed by atoms with van der Waals surface area (Å²) < 4.78 is 0. The van der Waals surface area contributed by atoms with Gasteiger partial charge in [-0.3, -0.25) is 9.59 Å². The maximum atomic E-state index is 12.1. The first-order valence-corrected chi connectivity index (χ1v) is 6.99. The maximum absolute atomic E-state index is 12.1. The maximum Gasteiger partial charge on any atom is 0.261 e. The van der Waals surface area contributed by atoms with Crippen LogP contribution in [0, 0.1) is 0 Å². The van der Waals surface area contributed by atoms with E-state index in [1.165, 1.54) is 18.5 Å². The molecule has 0 bridgehead atoms. The van der Waals surface area contributed by atoms with Gasteiger partial charge in [0, 0.05) is 30.7 Å². The van der Waals surface area contributed by atoms with Gasteiger partial charge in [0.25, 0.3) is 5.91 Å². The fourth-order valence-corrected chi connectivity index (χ4v) is 1.96. The minimum Gasteiger partial charge on any atom is -0.367 e. The Morgan fingerprint density at radius 1 is 1.29 bits per heavy atom. The number of carbonyl (C=O) groups is 1. The van der Waals surface area contributed by atoms with Crippen LogP contribution < -0.4 is 16.1 Å². The zero-order chi connectivity index (χ0) is 15.1. The second-order valence-electron chi connectivity index (χ2n) is 4.75. The van der Waals surface area contributed by atoms with Gasteiger partial charge in [-0.25, -0.2) is 0 Å². The molecule has 3 N–H and O–H groups in total. The van der Waals surface area contributed by atoms with Crippen LogP contribution in [0.4, 0.5) is 5.69 Å². The first kappa shape index (κ1) is 15.0. The van der Waals surface area contributed by atoms with Crippen LogP contribution in [0.15, 0.2) is 47.5 Å². The molecule has 1 aromatic carbocycles. The molecule has 0 aliphatic heterocycles. The lowest BCUT2D eigenvalue weighted by Crippen LogP contribution is -2.21. The summed E-state index contributed by atoms with van der Waals surface area (Å²) in [5.74, 6) is -0.407. The van der Waals surface area contributed by atoms with E-state index < -0.39 is 5.91 Å². The van der Waals surface area contributed by atoms with E-state index in [2.05, 4.69) is 22.5 Å². The van der Waals surface area contributed by atoms with Gasteiger partial charge in [0.2, 0.25) is 0 Å². The highest BCUT2D eigenvalue weighted by Gasteiger charge is 2.09. The van der Waals surface area contributed by atoms with Crippen LogP contribution in [0.25, 0.3) is 0 Å². The van der Waals surface area contributed by atoms with Crippen molar-refractivity contribution in [2.75, 3.05) is 11.9 Å². The number of anilines is 1. The number of H-pyrrole nitrogens is 1. The topological polar surface area (TPSA) is 74.0 Å². The van der Waals surface area contributed by atoms with Gasteiger partial charge in [-0.05, 0) is 30.7 Å². The average Bonchev–Trinajstić information content (AvgIpc) is 2.48. The normalized spacial score (nSPS) is 10.3. The van der Waals surface area contributed by atoms with E-state index in [4.69, 9.17) is 0 Å². The van der Waals surface area contributed by atoms with Gasteiger partial charge in [0.15, 0.2) is 5.43 Å². The second kappa shape index (κ2) is 7.40. The molecular formula is C16H19N3O2. The summed E-state index contributed by atoms with van der Waals surface area (Å²) in [6, 6.07) is 8.91. The summed E-state index contributed by atoms with van der Waals surface area (Å²) in [4.78, 5) is 26.4. The van der Waals surface area contributed by atoms with Crippen LogP contribution >= 0.6 is 0 Å². The molecule has 5 heteroatoms. The Labute approximate surface area is 123 Å². The SMILES string of the molecule is CCCNCc1cccc(NC(=O)c2c[nH]ccc2=O)c1. The Balaban J connectivity index is 2.06. The summed E-state index contributed by atoms with van der Waals surface area (Å²) in [5.41, 5.74) is 1.57. The van der Waals surface area contributed by atoms with Crippen LogP contribution in [-0.2, 0) is 6.54 Å². The highest BCUT2D eigenvalue weighted by Crippen LogP contribution is 2.11. The van der Waals surface area contributed by atoms with Gasteiger partial charge in [-0.2, -0.15) is 0 Å². The highest BCUT2D eigenvalue weighted by molar-refractivity contribution is 6.03. The molecule has 0 saturated carbocycles. The van der Waals surface area contributed by atoms with Crippen LogP contribution in [0.1, 0.15) is 29.3 Å². The zero-order valence-electron chi connectivity index (χ0n) is 12.0. The molecule has 0 fully saturated rings. The van der Waals surface area contributed by atoms with E-state index in [-0.39, 0.29) is 11.0 Å². The number of hydrogen-bond acceptors (Lipinski definition) is 3. The quantitative estimate of drug-likeness (QED) is 0.712. The van der Waals surface area contributed by atoms with Crippen LogP contribution in [0.2, 0.25) is 0 Å². The number of amides is 1. The van der Waals surface area contributed by atoms with Crippen LogP contribution in [-0.4, -0.2) is 17.4 Å². The third kappa shape index (κ3) is 4.29. The van der Waals surface area contributed by atoms with Crippen molar-refractivity contribution in [3.63, 3.8) is 0 Å². The molecule has 0 radical (unpaired) electrons. The van der Waals surface area contributed by atoms with Crippen molar-refractivity contribution in [3.8, 4) is 0 Å². The van der Waals surface area contributed by atoms with E-state index >= 15 is 0 Å². The van der Waals surface area contributed by atoms with E-state index in [0.29, 0.717) is 5.69 Å². The molecule has 0 atom stereocenters. The van der Waals surface area contributed by atoms with Gasteiger partial charge in [0.1, 0.15) is 5.56 Å². The molecule has 0 unspecified atom stereocenters. The van der Waals surface area contributed by atoms with Crippen molar-refractivity contribution in [3.05, 3.63) is 64.1 Å². The van der Waals surface area contributed by atoms with Crippen LogP contribution in [0.3, 0.4) is 0 Å². The third-order valence-electron chi connectivity index (χ3n) is 3.01. The van der Waals surface area contributed by atoms with E-state index in [0.717, 1.165) is 25.1 Å². The molecule has 0 spiro atoms. The van der Waals surface area contributed by atoms with Gasteiger partial charge >= 0.3 is 0 Å². The van der Waals surface area contributed by atoms with Crippen molar-refractivity contribution >= 4 is 11.6 Å². The summed E-state index contributed by atoms with van der Waals surface area (Å²) in [7, 11) is 0. The minimum absolute atomic E-state index is 0.104. The summed E-state index contributed by atoms with van der Waals surface area (Å²) >= 11 is 0. The Kier molecular flexibility index (Phi) is 5.29. The molecule has 0 aliphatic carbocycles. The van der Waals surface area contributed by atoms with Crippen molar-refractivity contribution < 1.29 is 4.79 Å². The molecule has 1 amide bonds. The van der Waals surface area contributed by atoms with Gasteiger partial charge < -0.3 is 15.6 Å². The fraction of sp³-hybridized carbons (Fsp3) is 0.250. The Morgan fingerprint density at radius 3 is 2.90 bits per heavy atom. The van der Waals surface area contributed by atoms with Gasteiger partial charge in [-0.1, -0.05) is 19.1 Å². The predicted octanol–water partition coefficient (Wildman–Crippen LogP) is 2.13. The summed E-state index contributed by atoms with van der Waals surface area (Å²) in [5, 5.41) is 6.05. The molecule has 0 saturated heterocycles. The highest BCUT2D eigenvalue weighted by atomic mass is 16.2. The second-order valence-corrected chi connectivity index (χ2v) is 4.75. The van der Waals surface area contributed by atoms with Crippen molar-refractivity contribution in [2.24, 2.45) is 0 Å². The Bertz CT molecular complexity index is 664. The third-order valence-corrected chi connectivity index (χ3v) is 3.01. The van der Waals surface area contributed by atoms with Crippen LogP contribution in [0.5, 0.6) is 0 Å². The number of aromatic amines is 1. The molecule has 2 aromatic rings. The lowest BCUT2D eigenvalue weighted by molar-refractivity contribution is 0.102. The molecule has 2 rings (SSSR count). The van der Waals surface area contributed by atoms with Crippen molar-refractivity contribution in [1.29, 1.82) is 0 Å². The summed E-state index contributed by atoms with van der Waals surface area (Å²) in [6.45, 7) is 3.82. The fourth-order valence-electron chi connectivity index (χ4n) is 1.96.